The lowest BCUT2D eigenvalue weighted by Gasteiger charge is -2.09. The number of thiophene rings is 1. The van der Waals surface area contributed by atoms with Gasteiger partial charge in [-0.25, -0.2) is 17.5 Å². The number of amides is 1. The zero-order valence-electron chi connectivity index (χ0n) is 15.0. The zero-order chi connectivity index (χ0) is 21.4. The van der Waals surface area contributed by atoms with Gasteiger partial charge in [-0.15, -0.1) is 11.3 Å². The fraction of sp³-hybridized carbons (Fsp3) is 0.353. The van der Waals surface area contributed by atoms with Crippen LogP contribution in [0, 0.1) is 12.7 Å². The Morgan fingerprint density at radius 2 is 2.00 bits per heavy atom. The molecule has 1 aromatic heterocycles. The molecule has 12 heteroatoms. The fourth-order valence-corrected chi connectivity index (χ4v) is 5.31. The second-order valence-corrected chi connectivity index (χ2v) is 9.40. The van der Waals surface area contributed by atoms with E-state index in [1.807, 2.05) is 0 Å². The SMILES string of the molecule is Cc1cc(NC(=O)c2cc(S(=O)(=O)N[C@H]3CCOC3)sc2C(F)(F)F)ccc1F. The zero-order valence-corrected chi connectivity index (χ0v) is 16.6. The minimum Gasteiger partial charge on any atom is -0.380 e. The summed E-state index contributed by atoms with van der Waals surface area (Å²) in [4.78, 5) is 11.1. The average molecular weight is 452 g/mol. The number of benzene rings is 1. The van der Waals surface area contributed by atoms with Crippen LogP contribution in [0.1, 0.15) is 27.2 Å². The molecule has 0 spiro atoms. The lowest BCUT2D eigenvalue weighted by atomic mass is 10.2. The van der Waals surface area contributed by atoms with Gasteiger partial charge in [0.25, 0.3) is 5.91 Å². The van der Waals surface area contributed by atoms with Gasteiger partial charge in [-0.3, -0.25) is 4.79 Å². The van der Waals surface area contributed by atoms with Crippen molar-refractivity contribution in [1.82, 2.24) is 4.72 Å². The Kier molecular flexibility index (Phi) is 5.99. The normalized spacial score (nSPS) is 17.5. The number of rotatable bonds is 5. The molecule has 0 saturated carbocycles. The quantitative estimate of drug-likeness (QED) is 0.680. The minimum absolute atomic E-state index is 0.0359. The van der Waals surface area contributed by atoms with Gasteiger partial charge in [-0.05, 0) is 43.2 Å². The summed E-state index contributed by atoms with van der Waals surface area (Å²) in [6.07, 6.45) is -4.53. The molecule has 158 valence electrons. The van der Waals surface area contributed by atoms with E-state index in [2.05, 4.69) is 10.0 Å². The van der Waals surface area contributed by atoms with Crippen LogP contribution in [-0.4, -0.2) is 33.6 Å². The molecule has 6 nitrogen and oxygen atoms in total. The maximum Gasteiger partial charge on any atom is 0.426 e. The summed E-state index contributed by atoms with van der Waals surface area (Å²) in [5, 5.41) is 2.24. The van der Waals surface area contributed by atoms with Crippen molar-refractivity contribution in [2.75, 3.05) is 18.5 Å². The molecule has 0 unspecified atom stereocenters. The van der Waals surface area contributed by atoms with Gasteiger partial charge in [0.2, 0.25) is 10.0 Å². The van der Waals surface area contributed by atoms with E-state index in [9.17, 15) is 30.8 Å². The monoisotopic (exact) mass is 452 g/mol. The molecule has 29 heavy (non-hydrogen) atoms. The maximum atomic E-state index is 13.4. The smallest absolute Gasteiger partial charge is 0.380 e. The lowest BCUT2D eigenvalue weighted by Crippen LogP contribution is -2.34. The summed E-state index contributed by atoms with van der Waals surface area (Å²) < 4.78 is 85.2. The van der Waals surface area contributed by atoms with Crippen LogP contribution in [0.2, 0.25) is 0 Å². The second-order valence-electron chi connectivity index (χ2n) is 6.41. The molecule has 1 aliphatic rings. The van der Waals surface area contributed by atoms with Crippen molar-refractivity contribution >= 4 is 33.0 Å². The molecule has 1 aromatic carbocycles. The average Bonchev–Trinajstić information content (AvgIpc) is 3.27. The van der Waals surface area contributed by atoms with Crippen LogP contribution in [0.4, 0.5) is 23.2 Å². The highest BCUT2D eigenvalue weighted by molar-refractivity contribution is 7.91. The summed E-state index contributed by atoms with van der Waals surface area (Å²) in [7, 11) is -4.27. The van der Waals surface area contributed by atoms with Crippen LogP contribution in [0.15, 0.2) is 28.5 Å². The van der Waals surface area contributed by atoms with Crippen LogP contribution >= 0.6 is 11.3 Å². The molecule has 0 radical (unpaired) electrons. The number of alkyl halides is 3. The fourth-order valence-electron chi connectivity index (χ4n) is 2.71. The first kappa shape index (κ1) is 21.7. The molecule has 3 rings (SSSR count). The summed E-state index contributed by atoms with van der Waals surface area (Å²) in [5.41, 5.74) is -0.554. The number of halogens is 4. The minimum atomic E-state index is -4.93. The number of hydrogen-bond donors (Lipinski definition) is 2. The van der Waals surface area contributed by atoms with E-state index >= 15 is 0 Å². The maximum absolute atomic E-state index is 13.4. The van der Waals surface area contributed by atoms with E-state index in [4.69, 9.17) is 4.74 Å². The van der Waals surface area contributed by atoms with Crippen LogP contribution in [0.3, 0.4) is 0 Å². The van der Waals surface area contributed by atoms with Crippen LogP contribution < -0.4 is 10.0 Å². The second kappa shape index (κ2) is 8.01. The first-order valence-corrected chi connectivity index (χ1v) is 10.7. The van der Waals surface area contributed by atoms with Gasteiger partial charge in [0.05, 0.1) is 12.2 Å². The third-order valence-electron chi connectivity index (χ3n) is 4.14. The van der Waals surface area contributed by atoms with Gasteiger partial charge in [-0.2, -0.15) is 13.2 Å². The number of sulfonamides is 1. The summed E-state index contributed by atoms with van der Waals surface area (Å²) in [6, 6.07) is 3.66. The Morgan fingerprint density at radius 1 is 1.28 bits per heavy atom. The number of carbonyl (C=O) groups is 1. The molecule has 1 fully saturated rings. The van der Waals surface area contributed by atoms with Crippen LogP contribution in [0.25, 0.3) is 0 Å². The number of anilines is 1. The molecule has 1 saturated heterocycles. The van der Waals surface area contributed by atoms with Gasteiger partial charge >= 0.3 is 6.18 Å². The van der Waals surface area contributed by atoms with E-state index < -0.39 is 48.6 Å². The highest BCUT2D eigenvalue weighted by atomic mass is 32.2. The third kappa shape index (κ3) is 4.94. The third-order valence-corrected chi connectivity index (χ3v) is 7.32. The molecule has 1 amide bonds. The number of ether oxygens (including phenoxy) is 1. The molecule has 2 N–H and O–H groups in total. The van der Waals surface area contributed by atoms with Crippen molar-refractivity contribution in [2.45, 2.75) is 29.8 Å². The highest BCUT2D eigenvalue weighted by Crippen LogP contribution is 2.40. The topological polar surface area (TPSA) is 84.5 Å². The van der Waals surface area contributed by atoms with Crippen molar-refractivity contribution in [3.05, 3.63) is 46.1 Å². The standard InChI is InChI=1S/C17H16F4N2O4S2/c1-9-6-10(2-3-13(9)18)22-16(24)12-7-14(28-15(12)17(19,20)21)29(25,26)23-11-4-5-27-8-11/h2-3,6-7,11,23H,4-5,8H2,1H3,(H,22,24)/t11-/m0/s1. The predicted molar refractivity (Wildman–Crippen MR) is 98.0 cm³/mol. The summed E-state index contributed by atoms with van der Waals surface area (Å²) in [5.74, 6) is -1.69. The molecule has 2 aromatic rings. The van der Waals surface area contributed by atoms with Gasteiger partial charge in [0.15, 0.2) is 0 Å². The van der Waals surface area contributed by atoms with Crippen LogP contribution in [0.5, 0.6) is 0 Å². The number of nitrogens with one attached hydrogen (secondary N) is 2. The number of carbonyl (C=O) groups excluding carboxylic acids is 1. The lowest BCUT2D eigenvalue weighted by molar-refractivity contribution is -0.134. The first-order valence-electron chi connectivity index (χ1n) is 8.36. The molecule has 0 aliphatic carbocycles. The predicted octanol–water partition coefficient (Wildman–Crippen LogP) is 3.53. The van der Waals surface area contributed by atoms with Gasteiger partial charge in [0.1, 0.15) is 14.9 Å². The van der Waals surface area contributed by atoms with E-state index in [0.29, 0.717) is 19.1 Å². The molecule has 1 atom stereocenters. The van der Waals surface area contributed by atoms with Crippen molar-refractivity contribution in [3.63, 3.8) is 0 Å². The van der Waals surface area contributed by atoms with Crippen LogP contribution in [-0.2, 0) is 20.9 Å². The molecule has 2 heterocycles. The van der Waals surface area contributed by atoms with Gasteiger partial charge < -0.3 is 10.1 Å². The van der Waals surface area contributed by atoms with Crippen molar-refractivity contribution in [3.8, 4) is 0 Å². The van der Waals surface area contributed by atoms with Crippen molar-refractivity contribution in [1.29, 1.82) is 0 Å². The number of hydrogen-bond acceptors (Lipinski definition) is 5. The Labute approximate surface area is 167 Å². The van der Waals surface area contributed by atoms with Crippen molar-refractivity contribution < 1.29 is 35.5 Å². The Morgan fingerprint density at radius 3 is 2.59 bits per heavy atom. The molecule has 0 bridgehead atoms. The molecular formula is C17H16F4N2O4S2. The van der Waals surface area contributed by atoms with Crippen molar-refractivity contribution in [2.24, 2.45) is 0 Å². The first-order chi connectivity index (χ1) is 13.5. The Hall–Kier alpha value is -2.02. The number of aryl methyl sites for hydroxylation is 1. The summed E-state index contributed by atoms with van der Waals surface area (Å²) in [6.45, 7) is 1.89. The van der Waals surface area contributed by atoms with Gasteiger partial charge in [-0.1, -0.05) is 0 Å². The Bertz CT molecular complexity index is 1030. The van der Waals surface area contributed by atoms with E-state index in [1.165, 1.54) is 19.1 Å². The van der Waals surface area contributed by atoms with E-state index in [-0.39, 0.29) is 29.2 Å². The van der Waals surface area contributed by atoms with Gasteiger partial charge in [0, 0.05) is 18.3 Å². The highest BCUT2D eigenvalue weighted by Gasteiger charge is 2.40. The summed E-state index contributed by atoms with van der Waals surface area (Å²) >= 11 is -0.0359. The largest absolute Gasteiger partial charge is 0.426 e. The molecule has 1 aliphatic heterocycles. The van der Waals surface area contributed by atoms with E-state index in [1.54, 1.807) is 0 Å². The Balaban J connectivity index is 1.92. The van der Waals surface area contributed by atoms with E-state index in [0.717, 1.165) is 6.07 Å². The molecular weight excluding hydrogens is 436 g/mol.